The summed E-state index contributed by atoms with van der Waals surface area (Å²) < 4.78 is 36.9. The zero-order valence-electron chi connectivity index (χ0n) is 10.1. The molecule has 0 aliphatic heterocycles. The molecule has 2 heterocycles. The van der Waals surface area contributed by atoms with E-state index in [1.165, 1.54) is 11.3 Å². The Hall–Kier alpha value is -1.48. The summed E-state index contributed by atoms with van der Waals surface area (Å²) in [6.07, 6.45) is -3.94. The van der Waals surface area contributed by atoms with E-state index >= 15 is 0 Å². The van der Waals surface area contributed by atoms with Gasteiger partial charge >= 0.3 is 6.18 Å². The van der Waals surface area contributed by atoms with E-state index < -0.39 is 11.2 Å². The Morgan fingerprint density at radius 3 is 2.75 bits per heavy atom. The second kappa shape index (κ2) is 6.31. The minimum absolute atomic E-state index is 0.159. The predicted octanol–water partition coefficient (Wildman–Crippen LogP) is 2.52. The fourth-order valence-electron chi connectivity index (χ4n) is 1.41. The number of carbonyl (C=O) groups excluding carboxylic acids is 1. The van der Waals surface area contributed by atoms with E-state index in [2.05, 4.69) is 15.5 Å². The third-order valence-corrected chi connectivity index (χ3v) is 4.19. The number of nitrogens with one attached hydrogen (secondary N) is 1. The molecule has 0 atom stereocenters. The standard InChI is InChI=1S/C11H10F3N3OS2/c12-11(13,14)10-17-16-9(20-10)3-4-15-8(18)6-7-2-1-5-19-7/h1-2,5H,3-4,6H2,(H,15,18). The van der Waals surface area contributed by atoms with Gasteiger partial charge in [0.25, 0.3) is 0 Å². The van der Waals surface area contributed by atoms with Crippen molar-refractivity contribution < 1.29 is 18.0 Å². The highest BCUT2D eigenvalue weighted by atomic mass is 32.1. The number of halogens is 3. The van der Waals surface area contributed by atoms with Crippen LogP contribution in [0, 0.1) is 0 Å². The Kier molecular flexibility index (Phi) is 4.71. The number of carbonyl (C=O) groups is 1. The molecule has 0 aliphatic carbocycles. The fourth-order valence-corrected chi connectivity index (χ4v) is 2.82. The molecule has 0 radical (unpaired) electrons. The molecule has 0 spiro atoms. The van der Waals surface area contributed by atoms with E-state index in [9.17, 15) is 18.0 Å². The van der Waals surface area contributed by atoms with Crippen molar-refractivity contribution in [2.45, 2.75) is 19.0 Å². The molecule has 2 rings (SSSR count). The Balaban J connectivity index is 1.75. The van der Waals surface area contributed by atoms with Crippen LogP contribution in [0.2, 0.25) is 0 Å². The van der Waals surface area contributed by atoms with E-state index in [4.69, 9.17) is 0 Å². The number of amides is 1. The summed E-state index contributed by atoms with van der Waals surface area (Å²) in [5.41, 5.74) is 0. The molecule has 0 saturated carbocycles. The van der Waals surface area contributed by atoms with Gasteiger partial charge in [0.1, 0.15) is 5.01 Å². The van der Waals surface area contributed by atoms with Gasteiger partial charge in [0.05, 0.1) is 6.42 Å². The van der Waals surface area contributed by atoms with Gasteiger partial charge in [-0.25, -0.2) is 0 Å². The zero-order chi connectivity index (χ0) is 14.6. The second-order valence-electron chi connectivity index (χ2n) is 3.85. The van der Waals surface area contributed by atoms with E-state index in [0.717, 1.165) is 4.88 Å². The Morgan fingerprint density at radius 1 is 1.35 bits per heavy atom. The summed E-state index contributed by atoms with van der Waals surface area (Å²) in [6.45, 7) is 0.247. The lowest BCUT2D eigenvalue weighted by molar-refractivity contribution is -0.138. The molecule has 0 aliphatic rings. The lowest BCUT2D eigenvalue weighted by Gasteiger charge is -2.02. The first-order valence-electron chi connectivity index (χ1n) is 5.64. The van der Waals surface area contributed by atoms with Crippen molar-refractivity contribution in [3.05, 3.63) is 32.4 Å². The molecule has 0 saturated heterocycles. The van der Waals surface area contributed by atoms with Gasteiger partial charge < -0.3 is 5.32 Å². The average Bonchev–Trinajstić information content (AvgIpc) is 2.98. The third kappa shape index (κ3) is 4.27. The fraction of sp³-hybridized carbons (Fsp3) is 0.364. The molecule has 0 aromatic carbocycles. The molecule has 1 N–H and O–H groups in total. The number of hydrogen-bond donors (Lipinski definition) is 1. The summed E-state index contributed by atoms with van der Waals surface area (Å²) >= 11 is 1.98. The Bertz CT molecular complexity index is 566. The molecule has 108 valence electrons. The van der Waals surface area contributed by atoms with Gasteiger partial charge in [-0.2, -0.15) is 13.2 Å². The van der Waals surface area contributed by atoms with Crippen LogP contribution in [0.1, 0.15) is 14.9 Å². The average molecular weight is 321 g/mol. The number of alkyl halides is 3. The topological polar surface area (TPSA) is 54.9 Å². The summed E-state index contributed by atoms with van der Waals surface area (Å²) in [6, 6.07) is 3.71. The van der Waals surface area contributed by atoms with Crippen molar-refractivity contribution in [3.63, 3.8) is 0 Å². The highest BCUT2D eigenvalue weighted by Gasteiger charge is 2.35. The van der Waals surface area contributed by atoms with Crippen molar-refractivity contribution in [1.29, 1.82) is 0 Å². The minimum Gasteiger partial charge on any atom is -0.355 e. The summed E-state index contributed by atoms with van der Waals surface area (Å²) in [4.78, 5) is 12.5. The first kappa shape index (κ1) is 14.9. The van der Waals surface area contributed by atoms with Gasteiger partial charge in [-0.1, -0.05) is 17.4 Å². The van der Waals surface area contributed by atoms with Gasteiger partial charge in [-0.3, -0.25) is 4.79 Å². The summed E-state index contributed by atoms with van der Waals surface area (Å²) in [7, 11) is 0. The van der Waals surface area contributed by atoms with Crippen molar-refractivity contribution in [2.24, 2.45) is 0 Å². The zero-order valence-corrected chi connectivity index (χ0v) is 11.7. The number of hydrogen-bond acceptors (Lipinski definition) is 5. The lowest BCUT2D eigenvalue weighted by Crippen LogP contribution is -2.26. The number of thiophene rings is 1. The molecule has 2 aromatic rings. The maximum Gasteiger partial charge on any atom is 0.445 e. The highest BCUT2D eigenvalue weighted by Crippen LogP contribution is 2.31. The highest BCUT2D eigenvalue weighted by molar-refractivity contribution is 7.11. The molecule has 9 heteroatoms. The van der Waals surface area contributed by atoms with Crippen LogP contribution in [0.5, 0.6) is 0 Å². The first-order chi connectivity index (χ1) is 9.45. The number of rotatable bonds is 5. The van der Waals surface area contributed by atoms with Gasteiger partial charge in [0.15, 0.2) is 0 Å². The SMILES string of the molecule is O=C(Cc1cccs1)NCCc1nnc(C(F)(F)F)s1. The van der Waals surface area contributed by atoms with Crippen molar-refractivity contribution >= 4 is 28.6 Å². The lowest BCUT2D eigenvalue weighted by atomic mass is 10.3. The first-order valence-corrected chi connectivity index (χ1v) is 7.33. The van der Waals surface area contributed by atoms with Gasteiger partial charge in [-0.05, 0) is 11.4 Å². The molecular weight excluding hydrogens is 311 g/mol. The quantitative estimate of drug-likeness (QED) is 0.921. The smallest absolute Gasteiger partial charge is 0.355 e. The molecule has 4 nitrogen and oxygen atoms in total. The number of nitrogens with zero attached hydrogens (tertiary/aromatic N) is 2. The van der Waals surface area contributed by atoms with E-state index in [-0.39, 0.29) is 30.3 Å². The Labute approximate surface area is 120 Å². The molecule has 0 fully saturated rings. The van der Waals surface area contributed by atoms with E-state index in [1.54, 1.807) is 0 Å². The van der Waals surface area contributed by atoms with Crippen LogP contribution in [0.4, 0.5) is 13.2 Å². The van der Waals surface area contributed by atoms with Crippen LogP contribution >= 0.6 is 22.7 Å². The van der Waals surface area contributed by atoms with Crippen LogP contribution < -0.4 is 5.32 Å². The minimum atomic E-state index is -4.46. The maximum absolute atomic E-state index is 12.3. The van der Waals surface area contributed by atoms with Crippen LogP contribution in [-0.2, 0) is 23.8 Å². The van der Waals surface area contributed by atoms with Crippen LogP contribution in [0.25, 0.3) is 0 Å². The normalized spacial score (nSPS) is 11.6. The summed E-state index contributed by atoms with van der Waals surface area (Å²) in [5.74, 6) is -0.159. The largest absolute Gasteiger partial charge is 0.445 e. The molecule has 0 unspecified atom stereocenters. The molecular formula is C11H10F3N3OS2. The van der Waals surface area contributed by atoms with Gasteiger partial charge in [-0.15, -0.1) is 21.5 Å². The number of aromatic nitrogens is 2. The molecule has 20 heavy (non-hydrogen) atoms. The van der Waals surface area contributed by atoms with Crippen molar-refractivity contribution in [3.8, 4) is 0 Å². The third-order valence-electron chi connectivity index (χ3n) is 2.29. The van der Waals surface area contributed by atoms with Crippen molar-refractivity contribution in [1.82, 2.24) is 15.5 Å². The van der Waals surface area contributed by atoms with Crippen LogP contribution in [-0.4, -0.2) is 22.6 Å². The van der Waals surface area contributed by atoms with Gasteiger partial charge in [0.2, 0.25) is 10.9 Å². The molecule has 1 amide bonds. The summed E-state index contributed by atoms with van der Waals surface area (Å²) in [5, 5.41) is 10.4. The maximum atomic E-state index is 12.3. The van der Waals surface area contributed by atoms with Crippen LogP contribution in [0.3, 0.4) is 0 Å². The van der Waals surface area contributed by atoms with Gasteiger partial charge in [0, 0.05) is 17.8 Å². The molecule has 2 aromatic heterocycles. The van der Waals surface area contributed by atoms with E-state index in [1.807, 2.05) is 17.5 Å². The van der Waals surface area contributed by atoms with Crippen molar-refractivity contribution in [2.75, 3.05) is 6.54 Å². The molecule has 0 bridgehead atoms. The Morgan fingerprint density at radius 2 is 2.15 bits per heavy atom. The monoisotopic (exact) mass is 321 g/mol. The van der Waals surface area contributed by atoms with Crippen LogP contribution in [0.15, 0.2) is 17.5 Å². The van der Waals surface area contributed by atoms with E-state index in [0.29, 0.717) is 11.3 Å². The predicted molar refractivity (Wildman–Crippen MR) is 69.6 cm³/mol. The second-order valence-corrected chi connectivity index (χ2v) is 5.95.